The van der Waals surface area contributed by atoms with Crippen molar-refractivity contribution in [3.63, 3.8) is 0 Å². The van der Waals surface area contributed by atoms with Gasteiger partial charge in [-0.15, -0.1) is 0 Å². The lowest BCUT2D eigenvalue weighted by atomic mass is 9.83. The minimum Gasteiger partial charge on any atom is -0.456 e. The Morgan fingerprint density at radius 1 is 0.548 bits per heavy atom. The van der Waals surface area contributed by atoms with Crippen molar-refractivity contribution in [3.8, 4) is 22.3 Å². The summed E-state index contributed by atoms with van der Waals surface area (Å²) < 4.78 is 6.19. The Bertz CT molecular complexity index is 2320. The standard InChI is InChI=1S/C41H28O/c1-3-4-21-38-26(2)36-25-28(22-23-39(36)42-38)40-32-17-9-11-19-34(32)41(35-20-12-10-18-33(35)40)37-24-27-13-5-6-14-29(27)30-15-7-8-16-31(30)37/h3-25H,1H2,2H3/b21-4-. The van der Waals surface area contributed by atoms with Crippen molar-refractivity contribution in [1.82, 2.24) is 0 Å². The molecular formula is C41H28O. The van der Waals surface area contributed by atoms with Gasteiger partial charge < -0.3 is 4.42 Å². The van der Waals surface area contributed by atoms with E-state index in [2.05, 4.69) is 135 Å². The van der Waals surface area contributed by atoms with Gasteiger partial charge >= 0.3 is 0 Å². The average molecular weight is 537 g/mol. The molecule has 8 rings (SSSR count). The van der Waals surface area contributed by atoms with Gasteiger partial charge in [0.15, 0.2) is 0 Å². The fourth-order valence-corrected chi connectivity index (χ4v) is 6.70. The van der Waals surface area contributed by atoms with Crippen LogP contribution >= 0.6 is 0 Å². The van der Waals surface area contributed by atoms with Crippen LogP contribution in [0, 0.1) is 6.92 Å². The summed E-state index contributed by atoms with van der Waals surface area (Å²) in [6.45, 7) is 5.93. The molecule has 0 bridgehead atoms. The molecule has 1 nitrogen and oxygen atoms in total. The van der Waals surface area contributed by atoms with Gasteiger partial charge in [-0.2, -0.15) is 0 Å². The highest BCUT2D eigenvalue weighted by molar-refractivity contribution is 6.25. The molecule has 0 aliphatic heterocycles. The molecule has 0 saturated heterocycles. The third-order valence-corrected chi connectivity index (χ3v) is 8.61. The molecule has 0 spiro atoms. The molecular weight excluding hydrogens is 508 g/mol. The second-order valence-corrected chi connectivity index (χ2v) is 10.9. The minimum atomic E-state index is 0.871. The highest BCUT2D eigenvalue weighted by atomic mass is 16.3. The number of hydrogen-bond acceptors (Lipinski definition) is 1. The van der Waals surface area contributed by atoms with Gasteiger partial charge in [0.1, 0.15) is 11.3 Å². The molecule has 1 heterocycles. The van der Waals surface area contributed by atoms with E-state index in [1.807, 2.05) is 12.2 Å². The summed E-state index contributed by atoms with van der Waals surface area (Å²) >= 11 is 0. The summed E-state index contributed by atoms with van der Waals surface area (Å²) in [7, 11) is 0. The molecule has 0 unspecified atom stereocenters. The largest absolute Gasteiger partial charge is 0.456 e. The second-order valence-electron chi connectivity index (χ2n) is 10.9. The van der Waals surface area contributed by atoms with Crippen LogP contribution in [0.4, 0.5) is 0 Å². The van der Waals surface area contributed by atoms with Crippen LogP contribution in [0.2, 0.25) is 0 Å². The van der Waals surface area contributed by atoms with E-state index in [0.717, 1.165) is 22.3 Å². The summed E-state index contributed by atoms with van der Waals surface area (Å²) in [6, 6.07) is 44.3. The number of benzene rings is 7. The average Bonchev–Trinajstić information content (AvgIpc) is 3.36. The molecule has 0 N–H and O–H groups in total. The summed E-state index contributed by atoms with van der Waals surface area (Å²) in [4.78, 5) is 0. The second kappa shape index (κ2) is 9.61. The normalized spacial score (nSPS) is 11.9. The van der Waals surface area contributed by atoms with Crippen LogP contribution in [0.5, 0.6) is 0 Å². The van der Waals surface area contributed by atoms with Crippen LogP contribution in [0.25, 0.3) is 82.4 Å². The van der Waals surface area contributed by atoms with Gasteiger partial charge in [-0.25, -0.2) is 0 Å². The molecule has 0 aliphatic carbocycles. The number of allylic oxidation sites excluding steroid dienone is 2. The van der Waals surface area contributed by atoms with Gasteiger partial charge in [0.25, 0.3) is 0 Å². The van der Waals surface area contributed by atoms with Crippen molar-refractivity contribution in [1.29, 1.82) is 0 Å². The van der Waals surface area contributed by atoms with E-state index in [-0.39, 0.29) is 0 Å². The Labute approximate surface area is 244 Å². The first kappa shape index (κ1) is 24.4. The van der Waals surface area contributed by atoms with E-state index < -0.39 is 0 Å². The van der Waals surface area contributed by atoms with Crippen LogP contribution in [-0.4, -0.2) is 0 Å². The Morgan fingerprint density at radius 3 is 1.79 bits per heavy atom. The van der Waals surface area contributed by atoms with Crippen LogP contribution < -0.4 is 0 Å². The van der Waals surface area contributed by atoms with Crippen LogP contribution in [0.1, 0.15) is 11.3 Å². The Kier molecular flexibility index (Phi) is 5.58. The first-order valence-electron chi connectivity index (χ1n) is 14.4. The molecule has 7 aromatic carbocycles. The number of rotatable bonds is 4. The minimum absolute atomic E-state index is 0.871. The lowest BCUT2D eigenvalue weighted by Gasteiger charge is -2.19. The molecule has 0 fully saturated rings. The van der Waals surface area contributed by atoms with Gasteiger partial charge in [0, 0.05) is 10.9 Å². The van der Waals surface area contributed by atoms with Crippen molar-refractivity contribution in [2.45, 2.75) is 6.92 Å². The highest BCUT2D eigenvalue weighted by Crippen LogP contribution is 2.47. The molecule has 1 heteroatoms. The Morgan fingerprint density at radius 2 is 1.12 bits per heavy atom. The molecule has 0 radical (unpaired) electrons. The van der Waals surface area contributed by atoms with Gasteiger partial charge in [-0.3, -0.25) is 0 Å². The van der Waals surface area contributed by atoms with E-state index in [9.17, 15) is 0 Å². The maximum absolute atomic E-state index is 6.19. The van der Waals surface area contributed by atoms with Crippen molar-refractivity contribution in [2.75, 3.05) is 0 Å². The summed E-state index contributed by atoms with van der Waals surface area (Å²) in [5, 5.41) is 11.2. The maximum Gasteiger partial charge on any atom is 0.135 e. The van der Waals surface area contributed by atoms with E-state index in [1.54, 1.807) is 6.08 Å². The van der Waals surface area contributed by atoms with Crippen molar-refractivity contribution < 1.29 is 4.42 Å². The fourth-order valence-electron chi connectivity index (χ4n) is 6.70. The zero-order valence-corrected chi connectivity index (χ0v) is 23.4. The number of aryl methyl sites for hydroxylation is 1. The number of hydrogen-bond donors (Lipinski definition) is 0. The first-order chi connectivity index (χ1) is 20.7. The van der Waals surface area contributed by atoms with Crippen molar-refractivity contribution in [3.05, 3.63) is 151 Å². The Balaban J connectivity index is 1.49. The van der Waals surface area contributed by atoms with E-state index in [1.165, 1.54) is 65.3 Å². The molecule has 0 saturated carbocycles. The van der Waals surface area contributed by atoms with Crippen molar-refractivity contribution in [2.24, 2.45) is 0 Å². The van der Waals surface area contributed by atoms with Crippen LogP contribution in [-0.2, 0) is 0 Å². The maximum atomic E-state index is 6.19. The third kappa shape index (κ3) is 3.64. The topological polar surface area (TPSA) is 13.1 Å². The molecule has 198 valence electrons. The van der Waals surface area contributed by atoms with E-state index in [4.69, 9.17) is 4.42 Å². The Hall–Kier alpha value is -5.40. The van der Waals surface area contributed by atoms with E-state index in [0.29, 0.717) is 0 Å². The van der Waals surface area contributed by atoms with E-state index >= 15 is 0 Å². The fraction of sp³-hybridized carbons (Fsp3) is 0.0244. The predicted molar refractivity (Wildman–Crippen MR) is 181 cm³/mol. The summed E-state index contributed by atoms with van der Waals surface area (Å²) in [5.41, 5.74) is 7.02. The highest BCUT2D eigenvalue weighted by Gasteiger charge is 2.19. The van der Waals surface area contributed by atoms with Crippen LogP contribution in [0.3, 0.4) is 0 Å². The van der Waals surface area contributed by atoms with Gasteiger partial charge in [-0.05, 0) is 96.5 Å². The molecule has 0 aliphatic rings. The zero-order valence-electron chi connectivity index (χ0n) is 23.4. The zero-order chi connectivity index (χ0) is 28.2. The SMILES string of the molecule is C=C/C=C\c1oc2ccc(-c3c4ccccc4c(-c4cc5ccccc5c5ccccc45)c4ccccc34)cc2c1C. The summed E-state index contributed by atoms with van der Waals surface area (Å²) in [5.74, 6) is 0.871. The molecule has 1 aromatic heterocycles. The number of furan rings is 1. The first-order valence-corrected chi connectivity index (χ1v) is 14.4. The van der Waals surface area contributed by atoms with Crippen LogP contribution in [0.15, 0.2) is 144 Å². The smallest absolute Gasteiger partial charge is 0.135 e. The van der Waals surface area contributed by atoms with Gasteiger partial charge in [0.05, 0.1) is 0 Å². The summed E-state index contributed by atoms with van der Waals surface area (Å²) in [6.07, 6.45) is 5.67. The van der Waals surface area contributed by atoms with Gasteiger partial charge in [-0.1, -0.05) is 122 Å². The number of fused-ring (bicyclic) bond motifs is 6. The molecule has 8 aromatic rings. The predicted octanol–water partition coefficient (Wildman–Crippen LogP) is 11.9. The lowest BCUT2D eigenvalue weighted by molar-refractivity contribution is 0.601. The monoisotopic (exact) mass is 536 g/mol. The third-order valence-electron chi connectivity index (χ3n) is 8.61. The quantitative estimate of drug-likeness (QED) is 0.124. The molecule has 0 atom stereocenters. The van der Waals surface area contributed by atoms with Crippen molar-refractivity contribution >= 4 is 60.1 Å². The molecule has 42 heavy (non-hydrogen) atoms. The molecule has 0 amide bonds. The lowest BCUT2D eigenvalue weighted by Crippen LogP contribution is -1.92. The van der Waals surface area contributed by atoms with Gasteiger partial charge in [0.2, 0.25) is 0 Å².